The molecule has 3 aromatic rings. The fourth-order valence-corrected chi connectivity index (χ4v) is 7.00. The predicted octanol–water partition coefficient (Wildman–Crippen LogP) is 8.64. The average molecular weight is 543 g/mol. The summed E-state index contributed by atoms with van der Waals surface area (Å²) < 4.78 is 0. The number of nitrogens with zero attached hydrogens (tertiary/aromatic N) is 1. The van der Waals surface area contributed by atoms with Crippen LogP contribution in [0.3, 0.4) is 0 Å². The zero-order chi connectivity index (χ0) is 26.6. The van der Waals surface area contributed by atoms with Gasteiger partial charge in [-0.25, -0.2) is 0 Å². The van der Waals surface area contributed by atoms with Crippen molar-refractivity contribution < 1.29 is 9.59 Å². The highest BCUT2D eigenvalue weighted by atomic mass is 35.5. The van der Waals surface area contributed by atoms with Gasteiger partial charge < -0.3 is 4.90 Å². The van der Waals surface area contributed by atoms with Crippen molar-refractivity contribution in [1.29, 1.82) is 0 Å². The molecule has 0 amide bonds. The van der Waals surface area contributed by atoms with E-state index in [1.165, 1.54) is 0 Å². The van der Waals surface area contributed by atoms with Crippen molar-refractivity contribution in [2.75, 3.05) is 4.90 Å². The molecule has 192 valence electrons. The maximum absolute atomic E-state index is 14.2. The lowest BCUT2D eigenvalue weighted by molar-refractivity contribution is -0.118. The van der Waals surface area contributed by atoms with Gasteiger partial charge in [0.2, 0.25) is 0 Å². The van der Waals surface area contributed by atoms with Crippen LogP contribution in [0.5, 0.6) is 0 Å². The monoisotopic (exact) mass is 541 g/mol. The summed E-state index contributed by atoms with van der Waals surface area (Å²) in [5.41, 5.74) is 6.03. The molecule has 0 bridgehead atoms. The Labute approximate surface area is 233 Å². The predicted molar refractivity (Wildman–Crippen MR) is 154 cm³/mol. The van der Waals surface area contributed by atoms with Gasteiger partial charge in [-0.15, -0.1) is 0 Å². The van der Waals surface area contributed by atoms with Crippen LogP contribution in [0.4, 0.5) is 5.69 Å². The summed E-state index contributed by atoms with van der Waals surface area (Å²) in [6.07, 6.45) is 2.26. The normalized spacial score (nSPS) is 22.9. The van der Waals surface area contributed by atoms with Crippen LogP contribution in [0, 0.1) is 5.41 Å². The van der Waals surface area contributed by atoms with Crippen molar-refractivity contribution in [1.82, 2.24) is 0 Å². The number of anilines is 1. The number of hydrogen-bond donors (Lipinski definition) is 0. The van der Waals surface area contributed by atoms with Crippen LogP contribution in [-0.2, 0) is 9.59 Å². The van der Waals surface area contributed by atoms with Crippen molar-refractivity contribution in [3.63, 3.8) is 0 Å². The minimum atomic E-state index is -0.502. The molecule has 0 radical (unpaired) electrons. The van der Waals surface area contributed by atoms with Gasteiger partial charge in [-0.05, 0) is 59.6 Å². The van der Waals surface area contributed by atoms with Crippen LogP contribution in [0.15, 0.2) is 101 Å². The van der Waals surface area contributed by atoms with E-state index in [0.717, 1.165) is 34.6 Å². The number of rotatable bonds is 3. The first-order valence-electron chi connectivity index (χ1n) is 13.1. The maximum atomic E-state index is 14.2. The largest absolute Gasteiger partial charge is 0.317 e. The topological polar surface area (TPSA) is 37.4 Å². The van der Waals surface area contributed by atoms with E-state index in [-0.39, 0.29) is 22.9 Å². The number of hydrogen-bond acceptors (Lipinski definition) is 3. The third kappa shape index (κ3) is 4.32. The molecule has 2 unspecified atom stereocenters. The van der Waals surface area contributed by atoms with Crippen LogP contribution < -0.4 is 4.90 Å². The molecule has 3 aromatic carbocycles. The van der Waals surface area contributed by atoms with E-state index >= 15 is 0 Å². The molecule has 3 aliphatic rings. The molecule has 0 saturated carbocycles. The van der Waals surface area contributed by atoms with Gasteiger partial charge in [-0.1, -0.05) is 91.6 Å². The van der Waals surface area contributed by atoms with Gasteiger partial charge in [0.15, 0.2) is 11.6 Å². The molecule has 38 heavy (non-hydrogen) atoms. The van der Waals surface area contributed by atoms with Gasteiger partial charge in [-0.3, -0.25) is 9.59 Å². The molecule has 2 aliphatic carbocycles. The van der Waals surface area contributed by atoms with Gasteiger partial charge in [0.25, 0.3) is 0 Å². The van der Waals surface area contributed by atoms with Gasteiger partial charge in [-0.2, -0.15) is 0 Å². The van der Waals surface area contributed by atoms with Crippen molar-refractivity contribution in [3.8, 4) is 0 Å². The summed E-state index contributed by atoms with van der Waals surface area (Å²) in [6.45, 7) is 4.29. The number of halogens is 2. The summed E-state index contributed by atoms with van der Waals surface area (Å²) >= 11 is 13.1. The fourth-order valence-electron chi connectivity index (χ4n) is 6.48. The number of para-hydroxylation sites is 1. The van der Waals surface area contributed by atoms with Crippen LogP contribution in [-0.4, -0.2) is 11.6 Å². The Morgan fingerprint density at radius 2 is 1.42 bits per heavy atom. The van der Waals surface area contributed by atoms with E-state index in [4.69, 9.17) is 23.2 Å². The van der Waals surface area contributed by atoms with Crippen LogP contribution >= 0.6 is 23.2 Å². The Kier molecular flexibility index (Phi) is 6.32. The first-order valence-corrected chi connectivity index (χ1v) is 13.9. The molecule has 1 aliphatic heterocycles. The van der Waals surface area contributed by atoms with Crippen molar-refractivity contribution in [3.05, 3.63) is 123 Å². The van der Waals surface area contributed by atoms with Crippen LogP contribution in [0.25, 0.3) is 0 Å². The van der Waals surface area contributed by atoms with Crippen molar-refractivity contribution in [2.24, 2.45) is 5.41 Å². The number of carbonyl (C=O) groups is 2. The number of benzene rings is 3. The van der Waals surface area contributed by atoms with E-state index in [1.54, 1.807) is 12.1 Å². The van der Waals surface area contributed by atoms with Gasteiger partial charge in [0.05, 0.1) is 0 Å². The summed E-state index contributed by atoms with van der Waals surface area (Å²) in [7, 11) is 0. The van der Waals surface area contributed by atoms with E-state index in [1.807, 2.05) is 42.5 Å². The Bertz CT molecular complexity index is 1500. The van der Waals surface area contributed by atoms with Gasteiger partial charge in [0, 0.05) is 57.0 Å². The number of Topliss-reactive ketones (excluding diaryl/α,β-unsaturated/α-hetero) is 2. The van der Waals surface area contributed by atoms with Gasteiger partial charge >= 0.3 is 0 Å². The van der Waals surface area contributed by atoms with E-state index < -0.39 is 5.92 Å². The second kappa shape index (κ2) is 9.55. The van der Waals surface area contributed by atoms with Crippen LogP contribution in [0.1, 0.15) is 62.5 Å². The van der Waals surface area contributed by atoms with Gasteiger partial charge in [0.1, 0.15) is 0 Å². The first-order chi connectivity index (χ1) is 18.2. The Balaban J connectivity index is 1.63. The molecule has 5 heteroatoms. The quantitative estimate of drug-likeness (QED) is 0.333. The summed E-state index contributed by atoms with van der Waals surface area (Å²) in [5.74, 6) is -0.291. The molecular weight excluding hydrogens is 513 g/mol. The Hall–Kier alpha value is -3.14. The number of ketones is 2. The van der Waals surface area contributed by atoms with E-state index in [2.05, 4.69) is 43.0 Å². The third-order valence-corrected chi connectivity index (χ3v) is 8.62. The number of carbonyl (C=O) groups excluding carboxylic acids is 2. The average Bonchev–Trinajstić information content (AvgIpc) is 2.88. The van der Waals surface area contributed by atoms with Crippen molar-refractivity contribution in [2.45, 2.75) is 51.4 Å². The molecule has 0 saturated heterocycles. The summed E-state index contributed by atoms with van der Waals surface area (Å²) in [4.78, 5) is 30.4. The number of allylic oxidation sites excluding steroid dienone is 4. The highest BCUT2D eigenvalue weighted by molar-refractivity contribution is 6.35. The molecule has 0 spiro atoms. The minimum absolute atomic E-state index is 0.0597. The molecule has 6 rings (SSSR count). The van der Waals surface area contributed by atoms with Crippen molar-refractivity contribution >= 4 is 40.5 Å². The van der Waals surface area contributed by atoms with E-state index in [9.17, 15) is 9.59 Å². The summed E-state index contributed by atoms with van der Waals surface area (Å²) in [5, 5.41) is 1.00. The zero-order valence-electron chi connectivity index (χ0n) is 21.5. The Morgan fingerprint density at radius 1 is 0.763 bits per heavy atom. The SMILES string of the molecule is CC1(C)CC(=O)C2=C(C1)N(c1ccccc1)C1=C(C(=O)CC(c3ccccc3)C1)C2c1ccc(Cl)cc1Cl. The maximum Gasteiger partial charge on any atom is 0.162 e. The third-order valence-electron chi connectivity index (χ3n) is 8.06. The molecule has 3 nitrogen and oxygen atoms in total. The lowest BCUT2D eigenvalue weighted by Gasteiger charge is -2.48. The van der Waals surface area contributed by atoms with E-state index in [0.29, 0.717) is 40.5 Å². The second-order valence-electron chi connectivity index (χ2n) is 11.4. The lowest BCUT2D eigenvalue weighted by atomic mass is 9.65. The molecule has 0 fully saturated rings. The second-order valence-corrected chi connectivity index (χ2v) is 12.2. The highest BCUT2D eigenvalue weighted by Crippen LogP contribution is 2.55. The summed E-state index contributed by atoms with van der Waals surface area (Å²) in [6, 6.07) is 25.8. The molecular formula is C33H29Cl2NO2. The fraction of sp³-hybridized carbons (Fsp3) is 0.273. The lowest BCUT2D eigenvalue weighted by Crippen LogP contribution is -2.43. The highest BCUT2D eigenvalue weighted by Gasteiger charge is 2.48. The molecule has 1 heterocycles. The molecule has 0 aromatic heterocycles. The smallest absolute Gasteiger partial charge is 0.162 e. The first kappa shape index (κ1) is 25.2. The zero-order valence-corrected chi connectivity index (χ0v) is 23.0. The van der Waals surface area contributed by atoms with Crippen LogP contribution in [0.2, 0.25) is 10.0 Å². The molecule has 0 N–H and O–H groups in total. The minimum Gasteiger partial charge on any atom is -0.317 e. The Morgan fingerprint density at radius 3 is 2.11 bits per heavy atom. The standard InChI is InChI=1S/C33H29Cl2NO2/c1-33(2)18-27-32(29(38)19-33)30(24-14-13-22(34)17-25(24)35)31-26(36(27)23-11-7-4-8-12-23)15-21(16-28(31)37)20-9-5-3-6-10-20/h3-14,17,21,30H,15-16,18-19H2,1-2H3. The molecule has 2 atom stereocenters.